The van der Waals surface area contributed by atoms with E-state index >= 15 is 0 Å². The quantitative estimate of drug-likeness (QED) is 0.439. The van der Waals surface area contributed by atoms with E-state index in [0.29, 0.717) is 24.3 Å². The summed E-state index contributed by atoms with van der Waals surface area (Å²) >= 11 is 0. The Labute approximate surface area is 212 Å². The highest BCUT2D eigenvalue weighted by Crippen LogP contribution is 2.38. The van der Waals surface area contributed by atoms with E-state index in [2.05, 4.69) is 10.1 Å². The highest BCUT2D eigenvalue weighted by Gasteiger charge is 2.47. The van der Waals surface area contributed by atoms with Gasteiger partial charge in [-0.1, -0.05) is 18.0 Å². The molecule has 198 valence electrons. The number of carboxylic acid groups (broad SMARTS) is 2. The van der Waals surface area contributed by atoms with Crippen molar-refractivity contribution in [3.8, 4) is 0 Å². The van der Waals surface area contributed by atoms with Crippen molar-refractivity contribution in [2.75, 3.05) is 26.2 Å². The molecule has 2 unspecified atom stereocenters. The molecule has 0 radical (unpaired) electrons. The molecular formula is C26H30FN3O7. The number of aliphatic carboxylic acids is 2. The lowest BCUT2D eigenvalue weighted by Crippen LogP contribution is -2.41. The zero-order chi connectivity index (χ0) is 26.5. The second-order valence-corrected chi connectivity index (χ2v) is 9.66. The molecule has 1 aliphatic carbocycles. The van der Waals surface area contributed by atoms with Crippen LogP contribution in [-0.4, -0.2) is 75.1 Å². The third kappa shape index (κ3) is 6.22. The Morgan fingerprint density at radius 3 is 2.14 bits per heavy atom. The normalized spacial score (nSPS) is 22.8. The van der Waals surface area contributed by atoms with E-state index in [9.17, 15) is 23.6 Å². The number of imide groups is 1. The fourth-order valence-corrected chi connectivity index (χ4v) is 5.49. The van der Waals surface area contributed by atoms with Crippen molar-refractivity contribution in [3.63, 3.8) is 0 Å². The number of carbonyl (C=O) groups excluding carboxylic acids is 2. The Balaban J connectivity index is 0.000000349. The van der Waals surface area contributed by atoms with Gasteiger partial charge >= 0.3 is 11.9 Å². The van der Waals surface area contributed by atoms with Crippen LogP contribution in [0.2, 0.25) is 0 Å². The Kier molecular flexibility index (Phi) is 8.32. The highest BCUT2D eigenvalue weighted by atomic mass is 19.1. The number of halogens is 1. The van der Waals surface area contributed by atoms with Crippen LogP contribution in [0, 0.1) is 17.7 Å². The first-order valence-electron chi connectivity index (χ1n) is 12.5. The fourth-order valence-electron chi connectivity index (χ4n) is 5.49. The average molecular weight is 516 g/mol. The van der Waals surface area contributed by atoms with Crippen molar-refractivity contribution in [2.45, 2.75) is 44.4 Å². The summed E-state index contributed by atoms with van der Waals surface area (Å²) in [5.74, 6) is -2.57. The molecule has 0 bridgehead atoms. The first-order valence-corrected chi connectivity index (χ1v) is 12.5. The lowest BCUT2D eigenvalue weighted by Gasteiger charge is -2.32. The molecule has 10 nitrogen and oxygen atoms in total. The van der Waals surface area contributed by atoms with Gasteiger partial charge in [-0.2, -0.15) is 0 Å². The number of rotatable bonds is 6. The summed E-state index contributed by atoms with van der Waals surface area (Å²) in [6.07, 6.45) is 6.85. The number of aromatic nitrogens is 1. The Morgan fingerprint density at radius 1 is 0.973 bits per heavy atom. The van der Waals surface area contributed by atoms with E-state index < -0.39 is 11.9 Å². The van der Waals surface area contributed by atoms with Crippen molar-refractivity contribution >= 4 is 34.7 Å². The average Bonchev–Trinajstić information content (AvgIpc) is 3.41. The number of likely N-dealkylation sites (tertiary alicyclic amines) is 2. The van der Waals surface area contributed by atoms with Gasteiger partial charge in [0.15, 0.2) is 5.58 Å². The summed E-state index contributed by atoms with van der Waals surface area (Å²) in [7, 11) is 0. The van der Waals surface area contributed by atoms with Gasteiger partial charge in [0.1, 0.15) is 5.82 Å². The van der Waals surface area contributed by atoms with E-state index in [1.165, 1.54) is 17.0 Å². The van der Waals surface area contributed by atoms with Crippen LogP contribution in [-0.2, 0) is 19.2 Å². The number of nitrogens with zero attached hydrogens (tertiary/aromatic N) is 3. The molecule has 37 heavy (non-hydrogen) atoms. The summed E-state index contributed by atoms with van der Waals surface area (Å²) in [4.78, 5) is 48.2. The molecule has 0 spiro atoms. The van der Waals surface area contributed by atoms with E-state index in [1.807, 2.05) is 0 Å². The summed E-state index contributed by atoms with van der Waals surface area (Å²) in [5, 5.41) is 20.7. The monoisotopic (exact) mass is 515 g/mol. The second kappa shape index (κ2) is 11.6. The zero-order valence-corrected chi connectivity index (χ0v) is 20.3. The number of carboxylic acids is 2. The summed E-state index contributed by atoms with van der Waals surface area (Å²) < 4.78 is 18.7. The maximum absolute atomic E-state index is 13.4. The lowest BCUT2D eigenvalue weighted by molar-refractivity contribution is -0.140. The van der Waals surface area contributed by atoms with Gasteiger partial charge in [0.2, 0.25) is 11.8 Å². The van der Waals surface area contributed by atoms with Crippen LogP contribution in [0.25, 0.3) is 11.0 Å². The molecule has 11 heteroatoms. The molecule has 5 rings (SSSR count). The van der Waals surface area contributed by atoms with Crippen LogP contribution in [0.15, 0.2) is 34.9 Å². The highest BCUT2D eigenvalue weighted by molar-refractivity contribution is 6.05. The number of fused-ring (bicyclic) bond motifs is 2. The largest absolute Gasteiger partial charge is 0.478 e. The van der Waals surface area contributed by atoms with Crippen LogP contribution in [0.4, 0.5) is 4.39 Å². The number of amides is 2. The molecule has 3 aliphatic rings. The van der Waals surface area contributed by atoms with Gasteiger partial charge in [0, 0.05) is 42.6 Å². The lowest BCUT2D eigenvalue weighted by atomic mass is 9.81. The number of hydrogen-bond donors (Lipinski definition) is 2. The Morgan fingerprint density at radius 2 is 1.57 bits per heavy atom. The molecule has 3 heterocycles. The SMILES string of the molecule is O=C(O)/C=C\C(=O)O.O=C1C2CCCCC2C(=O)N1CCN1CCC(c2noc3cc(F)ccc23)CC1. The van der Waals surface area contributed by atoms with Crippen LogP contribution in [0.1, 0.15) is 50.1 Å². The number of benzene rings is 1. The molecule has 2 amide bonds. The maximum Gasteiger partial charge on any atom is 0.328 e. The third-order valence-corrected chi connectivity index (χ3v) is 7.38. The second-order valence-electron chi connectivity index (χ2n) is 9.66. The van der Waals surface area contributed by atoms with Crippen molar-refractivity contribution < 1.29 is 38.3 Å². The van der Waals surface area contributed by atoms with Crippen molar-refractivity contribution in [1.82, 2.24) is 15.0 Å². The van der Waals surface area contributed by atoms with Crippen LogP contribution in [0.5, 0.6) is 0 Å². The van der Waals surface area contributed by atoms with Gasteiger partial charge < -0.3 is 19.6 Å². The van der Waals surface area contributed by atoms with Gasteiger partial charge in [0.25, 0.3) is 0 Å². The Hall–Kier alpha value is -3.60. The van der Waals surface area contributed by atoms with E-state index in [-0.39, 0.29) is 35.4 Å². The standard InChI is InChI=1S/C22H26FN3O3.C4H4O4/c23-15-5-6-18-19(13-15)29-24-20(18)14-7-9-25(10-8-14)11-12-26-21(27)16-3-1-2-4-17(16)22(26)28;5-3(6)1-2-4(7)8/h5-6,13-14,16-17H,1-4,7-12H2;1-2H,(H,5,6)(H,7,8)/b;2-1-. The van der Waals surface area contributed by atoms with Crippen molar-refractivity contribution in [1.29, 1.82) is 0 Å². The number of carbonyl (C=O) groups is 4. The molecule has 2 aromatic rings. The van der Waals surface area contributed by atoms with E-state index in [1.54, 1.807) is 6.07 Å². The summed E-state index contributed by atoms with van der Waals surface area (Å²) in [5.41, 5.74) is 1.41. The van der Waals surface area contributed by atoms with Crippen LogP contribution >= 0.6 is 0 Å². The zero-order valence-electron chi connectivity index (χ0n) is 20.3. The fraction of sp³-hybridized carbons (Fsp3) is 0.500. The first-order chi connectivity index (χ1) is 17.7. The van der Waals surface area contributed by atoms with E-state index in [0.717, 1.165) is 69.2 Å². The minimum Gasteiger partial charge on any atom is -0.478 e. The predicted octanol–water partition coefficient (Wildman–Crippen LogP) is 3.03. The molecule has 2 saturated heterocycles. The molecule has 1 aromatic carbocycles. The van der Waals surface area contributed by atoms with Gasteiger partial charge in [-0.25, -0.2) is 14.0 Å². The van der Waals surface area contributed by atoms with E-state index in [4.69, 9.17) is 14.7 Å². The summed E-state index contributed by atoms with van der Waals surface area (Å²) in [6.45, 7) is 3.02. The van der Waals surface area contributed by atoms with Crippen molar-refractivity contribution in [3.05, 3.63) is 41.9 Å². The van der Waals surface area contributed by atoms with Gasteiger partial charge in [0.05, 0.1) is 17.5 Å². The topological polar surface area (TPSA) is 141 Å². The third-order valence-electron chi connectivity index (χ3n) is 7.38. The van der Waals surface area contributed by atoms with Gasteiger partial charge in [-0.3, -0.25) is 14.5 Å². The Bertz CT molecular complexity index is 1160. The molecule has 1 aromatic heterocycles. The minimum atomic E-state index is -1.26. The van der Waals surface area contributed by atoms with Crippen molar-refractivity contribution in [2.24, 2.45) is 11.8 Å². The van der Waals surface area contributed by atoms with Gasteiger partial charge in [-0.05, 0) is 50.9 Å². The van der Waals surface area contributed by atoms with Crippen LogP contribution < -0.4 is 0 Å². The number of hydrogen-bond acceptors (Lipinski definition) is 7. The molecule has 2 aliphatic heterocycles. The molecular weight excluding hydrogens is 485 g/mol. The predicted molar refractivity (Wildman–Crippen MR) is 129 cm³/mol. The van der Waals surface area contributed by atoms with Crippen LogP contribution in [0.3, 0.4) is 0 Å². The number of piperidine rings is 1. The molecule has 3 fully saturated rings. The summed E-state index contributed by atoms with van der Waals surface area (Å²) in [6, 6.07) is 4.56. The van der Waals surface area contributed by atoms with Gasteiger partial charge in [-0.15, -0.1) is 0 Å². The molecule has 2 atom stereocenters. The first kappa shape index (κ1) is 26.5. The minimum absolute atomic E-state index is 0.0517. The maximum atomic E-state index is 13.4. The molecule has 1 saturated carbocycles. The molecule has 2 N–H and O–H groups in total. The smallest absolute Gasteiger partial charge is 0.328 e.